The first-order valence-corrected chi connectivity index (χ1v) is 13.0. The third-order valence-corrected chi connectivity index (χ3v) is 7.40. The molecular weight excluding hydrogens is 527 g/mol. The Bertz CT molecular complexity index is 1460. The highest BCUT2D eigenvalue weighted by Gasteiger charge is 2.39. The third-order valence-electron chi connectivity index (χ3n) is 6.60. The fourth-order valence-electron chi connectivity index (χ4n) is 4.89. The third kappa shape index (κ3) is 4.97. The summed E-state index contributed by atoms with van der Waals surface area (Å²) in [6.07, 6.45) is 0.530. The number of nitrogens with zero attached hydrogens (tertiary/aromatic N) is 2. The summed E-state index contributed by atoms with van der Waals surface area (Å²) in [5.41, 5.74) is 3.29. The first kappa shape index (κ1) is 25.3. The van der Waals surface area contributed by atoms with Gasteiger partial charge in [0.1, 0.15) is 0 Å². The van der Waals surface area contributed by atoms with E-state index in [2.05, 4.69) is 0 Å². The number of carbonyl (C=O) groups excluding carboxylic acids is 2. The van der Waals surface area contributed by atoms with Crippen molar-refractivity contribution >= 4 is 58.0 Å². The number of para-hydroxylation sites is 2. The number of hydrogen-bond acceptors (Lipinski definition) is 2. The van der Waals surface area contributed by atoms with Gasteiger partial charge in [0, 0.05) is 33.0 Å². The molecule has 0 saturated carbocycles. The predicted molar refractivity (Wildman–Crippen MR) is 151 cm³/mol. The molecule has 0 aromatic heterocycles. The molecule has 0 spiro atoms. The van der Waals surface area contributed by atoms with Gasteiger partial charge in [-0.2, -0.15) is 0 Å². The lowest BCUT2D eigenvalue weighted by molar-refractivity contribution is 0.0965. The molecule has 0 radical (unpaired) electrons. The lowest BCUT2D eigenvalue weighted by atomic mass is 9.89. The highest BCUT2D eigenvalue weighted by molar-refractivity contribution is 6.37. The van der Waals surface area contributed by atoms with E-state index in [1.54, 1.807) is 52.3 Å². The quantitative estimate of drug-likeness (QED) is 0.256. The first-order chi connectivity index (χ1) is 17.8. The monoisotopic (exact) mass is 548 g/mol. The first-order valence-electron chi connectivity index (χ1n) is 11.9. The van der Waals surface area contributed by atoms with E-state index in [9.17, 15) is 9.59 Å². The second-order valence-electron chi connectivity index (χ2n) is 8.98. The fourth-order valence-corrected chi connectivity index (χ4v) is 5.50. The summed E-state index contributed by atoms with van der Waals surface area (Å²) in [4.78, 5) is 31.3. The summed E-state index contributed by atoms with van der Waals surface area (Å²) in [7, 11) is 0. The van der Waals surface area contributed by atoms with Crippen molar-refractivity contribution in [1.29, 1.82) is 0 Å². The van der Waals surface area contributed by atoms with Crippen LogP contribution in [-0.2, 0) is 0 Å². The average molecular weight is 550 g/mol. The molecule has 0 saturated heterocycles. The van der Waals surface area contributed by atoms with E-state index in [0.29, 0.717) is 27.6 Å². The summed E-state index contributed by atoms with van der Waals surface area (Å²) in [6.45, 7) is 2.00. The topological polar surface area (TPSA) is 40.6 Å². The number of rotatable bonds is 4. The molecule has 0 unspecified atom stereocenters. The maximum atomic E-state index is 14.1. The number of fused-ring (bicyclic) bond motifs is 1. The molecule has 0 bridgehead atoms. The number of benzene rings is 4. The number of anilines is 2. The zero-order chi connectivity index (χ0) is 26.1. The molecule has 7 heteroatoms. The van der Waals surface area contributed by atoms with E-state index in [-0.39, 0.29) is 28.9 Å². The Labute approximate surface area is 231 Å². The Morgan fingerprint density at radius 1 is 0.811 bits per heavy atom. The molecule has 2 amide bonds. The van der Waals surface area contributed by atoms with Gasteiger partial charge in [-0.1, -0.05) is 71.2 Å². The summed E-state index contributed by atoms with van der Waals surface area (Å²) >= 11 is 18.6. The van der Waals surface area contributed by atoms with Gasteiger partial charge in [0.25, 0.3) is 11.8 Å². The van der Waals surface area contributed by atoms with Crippen molar-refractivity contribution in [2.75, 3.05) is 9.80 Å². The van der Waals surface area contributed by atoms with Crippen LogP contribution < -0.4 is 9.80 Å². The summed E-state index contributed by atoms with van der Waals surface area (Å²) in [5, 5.41) is 1.32. The maximum Gasteiger partial charge on any atom is 0.260 e. The van der Waals surface area contributed by atoms with E-state index in [1.165, 1.54) is 0 Å². The van der Waals surface area contributed by atoms with Gasteiger partial charge in [0.2, 0.25) is 0 Å². The van der Waals surface area contributed by atoms with Gasteiger partial charge in [-0.05, 0) is 79.6 Å². The second-order valence-corrected chi connectivity index (χ2v) is 10.3. The van der Waals surface area contributed by atoms with Crippen LogP contribution in [0.1, 0.15) is 45.7 Å². The smallest absolute Gasteiger partial charge is 0.260 e. The Morgan fingerprint density at radius 2 is 1.46 bits per heavy atom. The molecule has 5 rings (SSSR count). The van der Waals surface area contributed by atoms with Crippen LogP contribution in [0.3, 0.4) is 0 Å². The lowest BCUT2D eigenvalue weighted by Gasteiger charge is -2.43. The van der Waals surface area contributed by atoms with Gasteiger partial charge >= 0.3 is 0 Å². The fraction of sp³-hybridized carbons (Fsp3) is 0.133. The van der Waals surface area contributed by atoms with Crippen molar-refractivity contribution in [2.45, 2.75) is 25.4 Å². The zero-order valence-electron chi connectivity index (χ0n) is 19.9. The number of amides is 2. The van der Waals surface area contributed by atoms with E-state index in [1.807, 2.05) is 61.5 Å². The maximum absolute atomic E-state index is 14.1. The van der Waals surface area contributed by atoms with E-state index < -0.39 is 0 Å². The highest BCUT2D eigenvalue weighted by Crippen LogP contribution is 2.43. The van der Waals surface area contributed by atoms with Crippen molar-refractivity contribution in [3.63, 3.8) is 0 Å². The van der Waals surface area contributed by atoms with Crippen molar-refractivity contribution in [3.05, 3.63) is 129 Å². The largest absolute Gasteiger partial charge is 0.305 e. The molecule has 0 N–H and O–H groups in total. The molecule has 1 heterocycles. The molecule has 1 aliphatic rings. The Morgan fingerprint density at radius 3 is 2.16 bits per heavy atom. The minimum Gasteiger partial charge on any atom is -0.305 e. The van der Waals surface area contributed by atoms with Gasteiger partial charge in [-0.3, -0.25) is 9.59 Å². The van der Waals surface area contributed by atoms with Crippen LogP contribution in [-0.4, -0.2) is 17.9 Å². The summed E-state index contributed by atoms with van der Waals surface area (Å²) in [5.74, 6) is -0.356. The molecule has 2 atom stereocenters. The van der Waals surface area contributed by atoms with Crippen LogP contribution >= 0.6 is 34.8 Å². The Hall–Kier alpha value is -3.31. The predicted octanol–water partition coefficient (Wildman–Crippen LogP) is 8.47. The van der Waals surface area contributed by atoms with Gasteiger partial charge in [0.05, 0.1) is 16.6 Å². The average Bonchev–Trinajstić information content (AvgIpc) is 2.89. The SMILES string of the molecule is C[C@H]1C[C@H](N(C(=O)c2ccc(Cl)cc2Cl)c2ccccc2)c2ccccc2N1C(=O)c1ccc(Cl)cc1. The van der Waals surface area contributed by atoms with Gasteiger partial charge in [-0.25, -0.2) is 0 Å². The molecule has 4 aromatic rings. The van der Waals surface area contributed by atoms with Crippen LogP contribution in [0.2, 0.25) is 15.1 Å². The molecule has 0 fully saturated rings. The minimum absolute atomic E-state index is 0.117. The number of carbonyl (C=O) groups is 2. The van der Waals surface area contributed by atoms with E-state index in [4.69, 9.17) is 34.8 Å². The van der Waals surface area contributed by atoms with Crippen molar-refractivity contribution in [3.8, 4) is 0 Å². The number of halogens is 3. The van der Waals surface area contributed by atoms with Gasteiger partial charge < -0.3 is 9.80 Å². The van der Waals surface area contributed by atoms with Crippen LogP contribution in [0.5, 0.6) is 0 Å². The molecule has 4 nitrogen and oxygen atoms in total. The van der Waals surface area contributed by atoms with Crippen molar-refractivity contribution in [2.24, 2.45) is 0 Å². The molecule has 186 valence electrons. The molecule has 37 heavy (non-hydrogen) atoms. The lowest BCUT2D eigenvalue weighted by Crippen LogP contribution is -2.47. The van der Waals surface area contributed by atoms with Crippen molar-refractivity contribution < 1.29 is 9.59 Å². The Balaban J connectivity index is 1.61. The second kappa shape index (κ2) is 10.6. The number of hydrogen-bond donors (Lipinski definition) is 0. The Kier molecular flexibility index (Phi) is 7.25. The van der Waals surface area contributed by atoms with Gasteiger partial charge in [-0.15, -0.1) is 0 Å². The molecular formula is C30H23Cl3N2O2. The van der Waals surface area contributed by atoms with Crippen LogP contribution in [0.4, 0.5) is 11.4 Å². The molecule has 1 aliphatic heterocycles. The van der Waals surface area contributed by atoms with Crippen LogP contribution in [0, 0.1) is 0 Å². The summed E-state index contributed by atoms with van der Waals surface area (Å²) < 4.78 is 0. The summed E-state index contributed by atoms with van der Waals surface area (Å²) in [6, 6.07) is 28.5. The van der Waals surface area contributed by atoms with Crippen molar-refractivity contribution in [1.82, 2.24) is 0 Å². The normalized spacial score (nSPS) is 16.7. The standard InChI is InChI=1S/C30H23Cl3N2O2/c1-19-17-28(25-9-5-6-10-27(25)34(19)29(36)20-11-13-21(31)14-12-20)35(23-7-3-2-4-8-23)30(37)24-16-15-22(32)18-26(24)33/h2-16,18-19,28H,17H2,1H3/t19-,28-/m0/s1. The van der Waals surface area contributed by atoms with E-state index >= 15 is 0 Å². The minimum atomic E-state index is -0.331. The van der Waals surface area contributed by atoms with Crippen LogP contribution in [0.25, 0.3) is 0 Å². The van der Waals surface area contributed by atoms with Gasteiger partial charge in [0.15, 0.2) is 0 Å². The highest BCUT2D eigenvalue weighted by atomic mass is 35.5. The van der Waals surface area contributed by atoms with E-state index in [0.717, 1.165) is 16.9 Å². The zero-order valence-corrected chi connectivity index (χ0v) is 22.2. The molecule has 0 aliphatic carbocycles. The van der Waals surface area contributed by atoms with Crippen LogP contribution in [0.15, 0.2) is 97.1 Å². The molecule has 4 aromatic carbocycles.